The number of H-pyrrole nitrogens is 1. The van der Waals surface area contributed by atoms with Crippen LogP contribution < -0.4 is 10.1 Å². The van der Waals surface area contributed by atoms with Crippen molar-refractivity contribution in [1.29, 1.82) is 0 Å². The van der Waals surface area contributed by atoms with Crippen LogP contribution in [0, 0.1) is 11.3 Å². The molecule has 2 amide bonds. The molecule has 0 atom stereocenters. The molecule has 0 saturated heterocycles. The zero-order valence-electron chi connectivity index (χ0n) is 22.7. The Bertz CT molecular complexity index is 1280. The minimum Gasteiger partial charge on any atom is -0.406 e. The molecular formula is C28H33F3N6O3. The standard InChI is InChI=1S/C28H33F3N6O3/c1-27(2,3)21-11-13-22(14-12-21)37(24(38)16-19-5-4-6-23(15-19)40-28(29,30)31)17-18-7-9-20(10-8-18)25(39)32-26-33-35-36-34-26/h4-10,15,21-22H,11-14,16-17H2,1-3H3,(H2,32,33,34,35,36,39). The average Bonchev–Trinajstić information content (AvgIpc) is 3.39. The lowest BCUT2D eigenvalue weighted by molar-refractivity contribution is -0.274. The number of alkyl halides is 3. The van der Waals surface area contributed by atoms with Crippen molar-refractivity contribution in [2.45, 2.75) is 71.8 Å². The summed E-state index contributed by atoms with van der Waals surface area (Å²) >= 11 is 0. The van der Waals surface area contributed by atoms with E-state index in [1.54, 1.807) is 30.3 Å². The Hall–Kier alpha value is -3.96. The van der Waals surface area contributed by atoms with Crippen LogP contribution in [-0.2, 0) is 17.8 Å². The SMILES string of the molecule is CC(C)(C)C1CCC(N(Cc2ccc(C(=O)Nc3nn[nH]n3)cc2)C(=O)Cc2cccc(OC(F)(F)F)c2)CC1. The fraction of sp³-hybridized carbons (Fsp3) is 0.464. The molecule has 40 heavy (non-hydrogen) atoms. The topological polar surface area (TPSA) is 113 Å². The summed E-state index contributed by atoms with van der Waals surface area (Å²) in [4.78, 5) is 27.9. The molecule has 0 aliphatic heterocycles. The van der Waals surface area contributed by atoms with E-state index in [-0.39, 0.29) is 35.5 Å². The van der Waals surface area contributed by atoms with Crippen molar-refractivity contribution in [2.75, 3.05) is 5.32 Å². The molecule has 0 bridgehead atoms. The van der Waals surface area contributed by atoms with Gasteiger partial charge in [0.25, 0.3) is 11.9 Å². The molecule has 1 heterocycles. The smallest absolute Gasteiger partial charge is 0.406 e. The van der Waals surface area contributed by atoms with Gasteiger partial charge in [-0.3, -0.25) is 14.9 Å². The van der Waals surface area contributed by atoms with Crippen LogP contribution in [0.5, 0.6) is 5.75 Å². The van der Waals surface area contributed by atoms with Crippen LogP contribution in [0.1, 0.15) is 67.9 Å². The number of nitrogens with one attached hydrogen (secondary N) is 2. The third-order valence-corrected chi connectivity index (χ3v) is 7.31. The van der Waals surface area contributed by atoms with Gasteiger partial charge in [-0.2, -0.15) is 5.21 Å². The van der Waals surface area contributed by atoms with Gasteiger partial charge in [0, 0.05) is 18.2 Å². The van der Waals surface area contributed by atoms with Gasteiger partial charge >= 0.3 is 6.36 Å². The van der Waals surface area contributed by atoms with Crippen LogP contribution in [0.4, 0.5) is 19.1 Å². The number of tetrazole rings is 1. The second-order valence-electron chi connectivity index (χ2n) is 11.2. The summed E-state index contributed by atoms with van der Waals surface area (Å²) in [6.45, 7) is 7.00. The third kappa shape index (κ3) is 8.03. The molecule has 1 saturated carbocycles. The molecule has 0 unspecified atom stereocenters. The molecule has 3 aromatic rings. The van der Waals surface area contributed by atoms with Crippen LogP contribution in [0.2, 0.25) is 0 Å². The zero-order valence-corrected chi connectivity index (χ0v) is 22.7. The first-order chi connectivity index (χ1) is 18.9. The number of rotatable bonds is 8. The quantitative estimate of drug-likeness (QED) is 0.376. The summed E-state index contributed by atoms with van der Waals surface area (Å²) in [6.07, 6.45) is -1.20. The molecule has 1 fully saturated rings. The first-order valence-corrected chi connectivity index (χ1v) is 13.2. The Balaban J connectivity index is 1.49. The lowest BCUT2D eigenvalue weighted by Gasteiger charge is -2.41. The van der Waals surface area contributed by atoms with Crippen molar-refractivity contribution in [1.82, 2.24) is 25.5 Å². The number of carbonyl (C=O) groups excluding carboxylic acids is 2. The maximum atomic E-state index is 13.6. The summed E-state index contributed by atoms with van der Waals surface area (Å²) in [7, 11) is 0. The third-order valence-electron chi connectivity index (χ3n) is 7.31. The number of carbonyl (C=O) groups is 2. The van der Waals surface area contributed by atoms with Gasteiger partial charge in [-0.25, -0.2) is 0 Å². The zero-order chi connectivity index (χ0) is 28.9. The monoisotopic (exact) mass is 558 g/mol. The molecule has 2 aromatic carbocycles. The second kappa shape index (κ2) is 12.1. The van der Waals surface area contributed by atoms with Gasteiger partial charge in [-0.1, -0.05) is 50.1 Å². The number of halogens is 3. The molecule has 12 heteroatoms. The summed E-state index contributed by atoms with van der Waals surface area (Å²) < 4.78 is 42.1. The molecule has 214 valence electrons. The van der Waals surface area contributed by atoms with Gasteiger partial charge in [-0.15, -0.1) is 18.3 Å². The van der Waals surface area contributed by atoms with Crippen molar-refractivity contribution in [3.8, 4) is 5.75 Å². The lowest BCUT2D eigenvalue weighted by Crippen LogP contribution is -2.43. The van der Waals surface area contributed by atoms with Crippen LogP contribution >= 0.6 is 0 Å². The molecule has 0 radical (unpaired) electrons. The molecule has 2 N–H and O–H groups in total. The summed E-state index contributed by atoms with van der Waals surface area (Å²) in [5.74, 6) is -0.329. The van der Waals surface area contributed by atoms with E-state index in [0.29, 0.717) is 23.6 Å². The van der Waals surface area contributed by atoms with Crippen LogP contribution in [-0.4, -0.2) is 49.7 Å². The minimum absolute atomic E-state index is 0.00178. The van der Waals surface area contributed by atoms with E-state index >= 15 is 0 Å². The second-order valence-corrected chi connectivity index (χ2v) is 11.2. The van der Waals surface area contributed by atoms with Gasteiger partial charge < -0.3 is 9.64 Å². The first-order valence-electron chi connectivity index (χ1n) is 13.2. The van der Waals surface area contributed by atoms with Gasteiger partial charge in [0.05, 0.1) is 6.42 Å². The number of anilines is 1. The van der Waals surface area contributed by atoms with E-state index in [0.717, 1.165) is 31.2 Å². The predicted octanol–water partition coefficient (Wildman–Crippen LogP) is 5.53. The largest absolute Gasteiger partial charge is 0.573 e. The molecule has 0 spiro atoms. The van der Waals surface area contributed by atoms with E-state index in [1.165, 1.54) is 18.2 Å². The van der Waals surface area contributed by atoms with E-state index in [2.05, 4.69) is 51.4 Å². The summed E-state index contributed by atoms with van der Waals surface area (Å²) in [6, 6.07) is 12.4. The Morgan fingerprint density at radius 3 is 2.33 bits per heavy atom. The minimum atomic E-state index is -4.81. The molecule has 4 rings (SSSR count). The maximum absolute atomic E-state index is 13.6. The van der Waals surface area contributed by atoms with E-state index in [1.807, 2.05) is 4.90 Å². The fourth-order valence-corrected chi connectivity index (χ4v) is 5.15. The highest BCUT2D eigenvalue weighted by atomic mass is 19.4. The normalized spacial score (nSPS) is 17.8. The molecular weight excluding hydrogens is 525 g/mol. The number of aromatic nitrogens is 4. The summed E-state index contributed by atoms with van der Waals surface area (Å²) in [5, 5.41) is 15.6. The Morgan fingerprint density at radius 2 is 1.73 bits per heavy atom. The number of ether oxygens (including phenoxy) is 1. The number of benzene rings is 2. The van der Waals surface area contributed by atoms with Gasteiger partial charge in [0.1, 0.15) is 5.75 Å². The molecule has 1 aliphatic rings. The fourth-order valence-electron chi connectivity index (χ4n) is 5.15. The Labute approximate surface area is 230 Å². The van der Waals surface area contributed by atoms with Gasteiger partial charge in [0.15, 0.2) is 0 Å². The molecule has 9 nitrogen and oxygen atoms in total. The van der Waals surface area contributed by atoms with Crippen molar-refractivity contribution < 1.29 is 27.5 Å². The van der Waals surface area contributed by atoms with E-state index in [4.69, 9.17) is 0 Å². The van der Waals surface area contributed by atoms with Gasteiger partial charge in [-0.05, 0) is 77.6 Å². The highest BCUT2D eigenvalue weighted by molar-refractivity contribution is 6.03. The van der Waals surface area contributed by atoms with Gasteiger partial charge in [0.2, 0.25) is 5.91 Å². The van der Waals surface area contributed by atoms with E-state index < -0.39 is 12.3 Å². The Morgan fingerprint density at radius 1 is 1.02 bits per heavy atom. The number of hydrogen-bond acceptors (Lipinski definition) is 6. The first kappa shape index (κ1) is 29.0. The van der Waals surface area contributed by atoms with Crippen LogP contribution in [0.15, 0.2) is 48.5 Å². The van der Waals surface area contributed by atoms with Crippen molar-refractivity contribution >= 4 is 17.8 Å². The maximum Gasteiger partial charge on any atom is 0.573 e. The number of aromatic amines is 1. The Kier molecular flexibility index (Phi) is 8.75. The van der Waals surface area contributed by atoms with Crippen LogP contribution in [0.25, 0.3) is 0 Å². The highest BCUT2D eigenvalue weighted by Gasteiger charge is 2.34. The number of amides is 2. The molecule has 1 aromatic heterocycles. The highest BCUT2D eigenvalue weighted by Crippen LogP contribution is 2.39. The van der Waals surface area contributed by atoms with E-state index in [9.17, 15) is 22.8 Å². The van der Waals surface area contributed by atoms with Crippen LogP contribution in [0.3, 0.4) is 0 Å². The predicted molar refractivity (Wildman–Crippen MR) is 141 cm³/mol. The number of hydrogen-bond donors (Lipinski definition) is 2. The summed E-state index contributed by atoms with van der Waals surface area (Å²) in [5.41, 5.74) is 1.83. The van der Waals surface area contributed by atoms with Crippen molar-refractivity contribution in [3.05, 3.63) is 65.2 Å². The molecule has 1 aliphatic carbocycles. The average molecular weight is 559 g/mol. The lowest BCUT2D eigenvalue weighted by atomic mass is 9.71. The van der Waals surface area contributed by atoms with Crippen molar-refractivity contribution in [2.24, 2.45) is 11.3 Å². The number of nitrogens with zero attached hydrogens (tertiary/aromatic N) is 4. The van der Waals surface area contributed by atoms with Crippen molar-refractivity contribution in [3.63, 3.8) is 0 Å².